The smallest absolute Gasteiger partial charge is 0.370 e. The number of carbonyl (C=O) groups excluding carboxylic acids is 4. The molecule has 0 aromatic heterocycles. The Labute approximate surface area is 219 Å². The zero-order valence-corrected chi connectivity index (χ0v) is 23.4. The predicted molar refractivity (Wildman–Crippen MR) is 132 cm³/mol. The van der Waals surface area contributed by atoms with Crippen molar-refractivity contribution in [3.8, 4) is 0 Å². The summed E-state index contributed by atoms with van der Waals surface area (Å²) >= 11 is 3.36. The van der Waals surface area contributed by atoms with Gasteiger partial charge >= 0.3 is 7.82 Å². The molecule has 0 aromatic rings. The highest BCUT2D eigenvalue weighted by molar-refractivity contribution is 9.09. The molecule has 3 amide bonds. The van der Waals surface area contributed by atoms with Crippen LogP contribution in [0.4, 0.5) is 0 Å². The fraction of sp³-hybridized carbons (Fsp3) is 0.826. The summed E-state index contributed by atoms with van der Waals surface area (Å²) < 4.78 is 29.3. The number of ether oxygens (including phenoxy) is 1. The van der Waals surface area contributed by atoms with Gasteiger partial charge in [-0.05, 0) is 26.7 Å². The average molecular weight is 595 g/mol. The van der Waals surface area contributed by atoms with Crippen molar-refractivity contribution in [3.05, 3.63) is 0 Å². The second kappa shape index (κ2) is 12.6. The summed E-state index contributed by atoms with van der Waals surface area (Å²) in [6, 6.07) is -0.0488. The van der Waals surface area contributed by atoms with Gasteiger partial charge in [0.2, 0.25) is 17.7 Å². The maximum Gasteiger partial charge on any atom is 0.472 e. The van der Waals surface area contributed by atoms with E-state index in [1.807, 2.05) is 13.8 Å². The third-order valence-corrected chi connectivity index (χ3v) is 8.47. The van der Waals surface area contributed by atoms with E-state index < -0.39 is 55.7 Å². The summed E-state index contributed by atoms with van der Waals surface area (Å²) in [4.78, 5) is 61.5. The molecule has 3 aliphatic rings. The predicted octanol–water partition coefficient (Wildman–Crippen LogP) is 2.34. The molecule has 0 radical (unpaired) electrons. The second-order valence-electron chi connectivity index (χ2n) is 9.96. The van der Waals surface area contributed by atoms with E-state index >= 15 is 0 Å². The van der Waals surface area contributed by atoms with Crippen LogP contribution in [0.3, 0.4) is 0 Å². The Morgan fingerprint density at radius 2 is 1.75 bits per heavy atom. The molecule has 7 atom stereocenters. The van der Waals surface area contributed by atoms with Crippen LogP contribution >= 0.6 is 23.8 Å². The first-order valence-electron chi connectivity index (χ1n) is 12.5. The van der Waals surface area contributed by atoms with Gasteiger partial charge in [-0.25, -0.2) is 4.57 Å². The number of phosphoric ester groups is 1. The van der Waals surface area contributed by atoms with Crippen LogP contribution in [0, 0.1) is 17.8 Å². The highest BCUT2D eigenvalue weighted by Gasteiger charge is 2.69. The Morgan fingerprint density at radius 1 is 1.11 bits per heavy atom. The topological polar surface area (TPSA) is 149 Å². The molecule has 0 aromatic carbocycles. The molecule has 36 heavy (non-hydrogen) atoms. The maximum absolute atomic E-state index is 12.8. The van der Waals surface area contributed by atoms with E-state index in [-0.39, 0.29) is 43.6 Å². The highest BCUT2D eigenvalue weighted by Crippen LogP contribution is 2.57. The fourth-order valence-electron chi connectivity index (χ4n) is 5.28. The minimum atomic E-state index is -4.52. The number of hydrogen-bond acceptors (Lipinski definition) is 8. The molecular weight excluding hydrogens is 559 g/mol. The van der Waals surface area contributed by atoms with E-state index in [9.17, 15) is 28.6 Å². The van der Waals surface area contributed by atoms with E-state index in [0.29, 0.717) is 6.42 Å². The lowest BCUT2D eigenvalue weighted by atomic mass is 9.72. The number of alkyl halides is 1. The number of likely N-dealkylation sites (tertiary alicyclic amines) is 1. The number of halogens is 1. The number of imide groups is 1. The Balaban J connectivity index is 1.67. The van der Waals surface area contributed by atoms with Crippen LogP contribution in [0.1, 0.15) is 58.8 Å². The SMILES string of the molecule is CC(C)NC(=O)CCC(=O)CC1C(OP(=O)(O)OCCCCCCBr)C2OC1C1C(=O)N(C)C(=O)C21. The molecule has 204 valence electrons. The number of phosphoric acid groups is 1. The van der Waals surface area contributed by atoms with Crippen molar-refractivity contribution in [3.63, 3.8) is 0 Å². The van der Waals surface area contributed by atoms with E-state index in [4.69, 9.17) is 13.8 Å². The van der Waals surface area contributed by atoms with Gasteiger partial charge < -0.3 is 14.9 Å². The third-order valence-electron chi connectivity index (χ3n) is 6.89. The first kappa shape index (κ1) is 29.4. The molecule has 3 saturated heterocycles. The monoisotopic (exact) mass is 594 g/mol. The zero-order chi connectivity index (χ0) is 26.6. The Morgan fingerprint density at radius 3 is 2.39 bits per heavy atom. The summed E-state index contributed by atoms with van der Waals surface area (Å²) in [6.07, 6.45) is 0.420. The molecule has 0 spiro atoms. The van der Waals surface area contributed by atoms with Gasteiger partial charge in [0, 0.05) is 43.6 Å². The number of ketones is 1. The van der Waals surface area contributed by atoms with E-state index in [0.717, 1.165) is 29.5 Å². The lowest BCUT2D eigenvalue weighted by molar-refractivity contribution is -0.141. The number of hydrogen-bond donors (Lipinski definition) is 2. The maximum atomic E-state index is 12.8. The third kappa shape index (κ3) is 6.82. The average Bonchev–Trinajstić information content (AvgIpc) is 3.41. The first-order chi connectivity index (χ1) is 17.0. The van der Waals surface area contributed by atoms with Crippen LogP contribution in [0.2, 0.25) is 0 Å². The van der Waals surface area contributed by atoms with Gasteiger partial charge in [0.15, 0.2) is 0 Å². The normalized spacial score (nSPS) is 30.7. The van der Waals surface area contributed by atoms with Gasteiger partial charge in [-0.2, -0.15) is 0 Å². The van der Waals surface area contributed by atoms with Gasteiger partial charge in [0.25, 0.3) is 0 Å². The van der Waals surface area contributed by atoms with E-state index in [1.165, 1.54) is 7.05 Å². The summed E-state index contributed by atoms with van der Waals surface area (Å²) in [5, 5.41) is 3.61. The van der Waals surface area contributed by atoms with E-state index in [1.54, 1.807) is 0 Å². The van der Waals surface area contributed by atoms with Crippen molar-refractivity contribution in [2.24, 2.45) is 17.8 Å². The number of Topliss-reactive ketones (excluding diaryl/α,β-unsaturated/α-hetero) is 1. The van der Waals surface area contributed by atoms with Gasteiger partial charge in [-0.1, -0.05) is 28.8 Å². The molecule has 3 heterocycles. The summed E-state index contributed by atoms with van der Waals surface area (Å²) in [7, 11) is -3.13. The van der Waals surface area contributed by atoms with Crippen molar-refractivity contribution in [2.75, 3.05) is 19.0 Å². The Bertz CT molecular complexity index is 901. The van der Waals surface area contributed by atoms with Crippen molar-refractivity contribution in [2.45, 2.75) is 83.1 Å². The van der Waals surface area contributed by atoms with Crippen LogP contribution in [0.25, 0.3) is 0 Å². The molecule has 2 bridgehead atoms. The van der Waals surface area contributed by atoms with Crippen molar-refractivity contribution >= 4 is 47.3 Å². The number of nitrogens with zero attached hydrogens (tertiary/aromatic N) is 1. The molecule has 3 fully saturated rings. The summed E-state index contributed by atoms with van der Waals surface area (Å²) in [6.45, 7) is 3.67. The number of nitrogens with one attached hydrogen (secondary N) is 1. The van der Waals surface area contributed by atoms with Crippen LogP contribution in [-0.4, -0.2) is 76.6 Å². The standard InChI is InChI=1S/C23H36BrN2O9P/c1-13(2)25-16(28)9-8-14(27)12-15-19-17-18(23(30)26(3)22(17)29)21(34-19)20(15)35-36(31,32)33-11-7-5-4-6-10-24/h13,15,17-21H,4-12H2,1-3H3,(H,25,28)(H,31,32). The van der Waals surface area contributed by atoms with Gasteiger partial charge in [-0.3, -0.25) is 33.1 Å². The van der Waals surface area contributed by atoms with Crippen LogP contribution < -0.4 is 5.32 Å². The molecule has 7 unspecified atom stereocenters. The number of rotatable bonds is 15. The van der Waals surface area contributed by atoms with Crippen molar-refractivity contribution in [1.29, 1.82) is 0 Å². The largest absolute Gasteiger partial charge is 0.472 e. The van der Waals surface area contributed by atoms with Gasteiger partial charge in [0.05, 0.1) is 30.7 Å². The van der Waals surface area contributed by atoms with Crippen LogP contribution in [0.15, 0.2) is 0 Å². The number of fused-ring (bicyclic) bond motifs is 5. The van der Waals surface area contributed by atoms with E-state index in [2.05, 4.69) is 21.2 Å². The molecule has 11 nitrogen and oxygen atoms in total. The minimum Gasteiger partial charge on any atom is -0.370 e. The summed E-state index contributed by atoms with van der Waals surface area (Å²) in [5.74, 6) is -3.64. The first-order valence-corrected chi connectivity index (χ1v) is 15.1. The Hall–Kier alpha value is -1.17. The fourth-order valence-corrected chi connectivity index (χ4v) is 6.68. The van der Waals surface area contributed by atoms with Gasteiger partial charge in [0.1, 0.15) is 11.9 Å². The number of carbonyl (C=O) groups is 4. The van der Waals surface area contributed by atoms with Gasteiger partial charge in [-0.15, -0.1) is 0 Å². The molecule has 3 aliphatic heterocycles. The lowest BCUT2D eigenvalue weighted by Crippen LogP contribution is -2.46. The second-order valence-corrected chi connectivity index (χ2v) is 12.2. The minimum absolute atomic E-state index is 0.00704. The lowest BCUT2D eigenvalue weighted by Gasteiger charge is -2.32. The van der Waals surface area contributed by atoms with Crippen LogP contribution in [0.5, 0.6) is 0 Å². The molecule has 3 rings (SSSR count). The Kier molecular flexibility index (Phi) is 10.3. The summed E-state index contributed by atoms with van der Waals surface area (Å²) in [5.41, 5.74) is 0. The number of amides is 3. The van der Waals surface area contributed by atoms with Crippen molar-refractivity contribution in [1.82, 2.24) is 10.2 Å². The molecule has 2 N–H and O–H groups in total. The zero-order valence-electron chi connectivity index (χ0n) is 20.9. The quantitative estimate of drug-likeness (QED) is 0.126. The number of unbranched alkanes of at least 4 members (excludes halogenated alkanes) is 3. The highest BCUT2D eigenvalue weighted by atomic mass is 79.9. The molecule has 0 saturated carbocycles. The molecular formula is C23H36BrN2O9P. The van der Waals surface area contributed by atoms with Crippen molar-refractivity contribution < 1.29 is 42.4 Å². The molecule has 13 heteroatoms. The van der Waals surface area contributed by atoms with Crippen LogP contribution in [-0.2, 0) is 37.5 Å². The molecule has 0 aliphatic carbocycles.